The van der Waals surface area contributed by atoms with Gasteiger partial charge in [0.1, 0.15) is 12.2 Å². The van der Waals surface area contributed by atoms with E-state index in [4.69, 9.17) is 9.84 Å². The summed E-state index contributed by atoms with van der Waals surface area (Å²) in [6.07, 6.45) is -2.14. The maximum absolute atomic E-state index is 10.8. The van der Waals surface area contributed by atoms with Crippen LogP contribution >= 0.6 is 0 Å². The Morgan fingerprint density at radius 2 is 2.23 bits per heavy atom. The average molecular weight is 188 g/mol. The van der Waals surface area contributed by atoms with Crippen LogP contribution in [0.1, 0.15) is 6.92 Å². The summed E-state index contributed by atoms with van der Waals surface area (Å²) in [6.45, 7) is 0.841. The lowest BCUT2D eigenvalue weighted by Crippen LogP contribution is -2.44. The van der Waals surface area contributed by atoms with Gasteiger partial charge in [0.15, 0.2) is 17.6 Å². The minimum absolute atomic E-state index is 0.0168. The van der Waals surface area contributed by atoms with Crippen LogP contribution in [0.25, 0.3) is 0 Å². The van der Waals surface area contributed by atoms with Crippen LogP contribution in [-0.2, 0) is 9.53 Å². The SMILES string of the molecule is CC(=O)C1=C[C@@H](O)[C@@H](O)[C@@H](CO)O1. The van der Waals surface area contributed by atoms with Gasteiger partial charge in [-0.15, -0.1) is 0 Å². The fraction of sp³-hybridized carbons (Fsp3) is 0.625. The standard InChI is InChI=1S/C8H12O5/c1-4(10)6-2-5(11)8(12)7(3-9)13-6/h2,5,7-9,11-12H,3H2,1H3/t5-,7-,8-/m1/s1. The highest BCUT2D eigenvalue weighted by atomic mass is 16.5. The number of carbonyl (C=O) groups is 1. The van der Waals surface area contributed by atoms with Gasteiger partial charge >= 0.3 is 0 Å². The molecule has 1 aliphatic heterocycles. The summed E-state index contributed by atoms with van der Waals surface area (Å²) in [5.41, 5.74) is 0. The fourth-order valence-corrected chi connectivity index (χ4v) is 1.09. The van der Waals surface area contributed by atoms with Gasteiger partial charge < -0.3 is 20.1 Å². The average Bonchev–Trinajstić information content (AvgIpc) is 2.09. The Kier molecular flexibility index (Phi) is 3.02. The lowest BCUT2D eigenvalue weighted by atomic mass is 10.0. The first-order valence-corrected chi connectivity index (χ1v) is 3.92. The first kappa shape index (κ1) is 10.2. The Bertz CT molecular complexity index is 235. The van der Waals surface area contributed by atoms with Crippen LogP contribution in [-0.4, -0.2) is 46.0 Å². The smallest absolute Gasteiger partial charge is 0.194 e. The third-order valence-corrected chi connectivity index (χ3v) is 1.86. The number of ether oxygens (including phenoxy) is 1. The molecule has 1 heterocycles. The lowest BCUT2D eigenvalue weighted by Gasteiger charge is -2.29. The second-order valence-corrected chi connectivity index (χ2v) is 2.91. The highest BCUT2D eigenvalue weighted by Crippen LogP contribution is 2.18. The van der Waals surface area contributed by atoms with Gasteiger partial charge in [-0.25, -0.2) is 0 Å². The summed E-state index contributed by atoms with van der Waals surface area (Å²) >= 11 is 0. The van der Waals surface area contributed by atoms with E-state index in [0.29, 0.717) is 0 Å². The van der Waals surface area contributed by atoms with E-state index < -0.39 is 24.9 Å². The van der Waals surface area contributed by atoms with Gasteiger partial charge in [-0.2, -0.15) is 0 Å². The Labute approximate surface area is 75.3 Å². The molecular formula is C8H12O5. The van der Waals surface area contributed by atoms with Crippen LogP contribution in [0.2, 0.25) is 0 Å². The third kappa shape index (κ3) is 2.06. The van der Waals surface area contributed by atoms with Crippen LogP contribution in [0.4, 0.5) is 0 Å². The molecule has 0 saturated carbocycles. The molecule has 1 aliphatic rings. The number of rotatable bonds is 2. The van der Waals surface area contributed by atoms with Crippen molar-refractivity contribution < 1.29 is 24.9 Å². The van der Waals surface area contributed by atoms with Crippen molar-refractivity contribution in [2.45, 2.75) is 25.2 Å². The first-order valence-electron chi connectivity index (χ1n) is 3.92. The van der Waals surface area contributed by atoms with E-state index in [9.17, 15) is 15.0 Å². The molecule has 0 bridgehead atoms. The Morgan fingerprint density at radius 1 is 1.62 bits per heavy atom. The van der Waals surface area contributed by atoms with E-state index in [1.165, 1.54) is 6.92 Å². The molecule has 74 valence electrons. The van der Waals surface area contributed by atoms with Gasteiger partial charge in [0.2, 0.25) is 0 Å². The molecule has 0 aromatic heterocycles. The summed E-state index contributed by atoms with van der Waals surface area (Å²) in [6, 6.07) is 0. The van der Waals surface area contributed by atoms with Gasteiger partial charge in [0.25, 0.3) is 0 Å². The van der Waals surface area contributed by atoms with E-state index in [-0.39, 0.29) is 11.5 Å². The molecule has 5 nitrogen and oxygen atoms in total. The normalized spacial score (nSPS) is 33.5. The molecule has 0 spiro atoms. The van der Waals surface area contributed by atoms with Crippen molar-refractivity contribution in [3.05, 3.63) is 11.8 Å². The molecule has 3 atom stereocenters. The maximum atomic E-state index is 10.8. The van der Waals surface area contributed by atoms with E-state index in [1.807, 2.05) is 0 Å². The van der Waals surface area contributed by atoms with Crippen LogP contribution < -0.4 is 0 Å². The van der Waals surface area contributed by atoms with Crippen LogP contribution in [0.5, 0.6) is 0 Å². The molecule has 3 N–H and O–H groups in total. The Balaban J connectivity index is 2.81. The van der Waals surface area contributed by atoms with E-state index >= 15 is 0 Å². The number of ketones is 1. The van der Waals surface area contributed by atoms with Gasteiger partial charge in [0, 0.05) is 6.92 Å². The number of carbonyl (C=O) groups excluding carboxylic acids is 1. The summed E-state index contributed by atoms with van der Waals surface area (Å²) in [5, 5.41) is 27.2. The van der Waals surface area contributed by atoms with E-state index in [1.54, 1.807) is 0 Å². The highest BCUT2D eigenvalue weighted by Gasteiger charge is 2.32. The molecule has 1 rings (SSSR count). The van der Waals surface area contributed by atoms with Crippen molar-refractivity contribution in [3.63, 3.8) is 0 Å². The Hall–Kier alpha value is -0.910. The van der Waals surface area contributed by atoms with Crippen LogP contribution in [0, 0.1) is 0 Å². The van der Waals surface area contributed by atoms with Crippen molar-refractivity contribution in [3.8, 4) is 0 Å². The molecule has 0 amide bonds. The summed E-state index contributed by atoms with van der Waals surface area (Å²) in [7, 11) is 0. The lowest BCUT2D eigenvalue weighted by molar-refractivity contribution is -0.127. The molecule has 0 aromatic carbocycles. The van der Waals surface area contributed by atoms with Gasteiger partial charge in [-0.1, -0.05) is 0 Å². The topological polar surface area (TPSA) is 87.0 Å². The third-order valence-electron chi connectivity index (χ3n) is 1.86. The van der Waals surface area contributed by atoms with Crippen LogP contribution in [0.3, 0.4) is 0 Å². The number of hydrogen-bond acceptors (Lipinski definition) is 5. The number of allylic oxidation sites excluding steroid dienone is 1. The predicted molar refractivity (Wildman–Crippen MR) is 42.7 cm³/mol. The molecule has 0 aliphatic carbocycles. The van der Waals surface area contributed by atoms with Crippen LogP contribution in [0.15, 0.2) is 11.8 Å². The maximum Gasteiger partial charge on any atom is 0.194 e. The second-order valence-electron chi connectivity index (χ2n) is 2.91. The molecule has 0 unspecified atom stereocenters. The number of aliphatic hydroxyl groups is 3. The zero-order valence-corrected chi connectivity index (χ0v) is 7.17. The van der Waals surface area contributed by atoms with E-state index in [0.717, 1.165) is 6.08 Å². The van der Waals surface area contributed by atoms with Crippen molar-refractivity contribution in [2.75, 3.05) is 6.61 Å². The zero-order chi connectivity index (χ0) is 10.0. The van der Waals surface area contributed by atoms with E-state index in [2.05, 4.69) is 0 Å². The molecule has 0 fully saturated rings. The zero-order valence-electron chi connectivity index (χ0n) is 7.17. The number of hydrogen-bond donors (Lipinski definition) is 3. The minimum atomic E-state index is -1.19. The fourth-order valence-electron chi connectivity index (χ4n) is 1.09. The summed E-state index contributed by atoms with van der Waals surface area (Å²) in [5.74, 6) is -0.360. The van der Waals surface area contributed by atoms with Crippen molar-refractivity contribution in [1.29, 1.82) is 0 Å². The first-order chi connectivity index (χ1) is 6.06. The quantitative estimate of drug-likeness (QED) is 0.494. The summed E-state index contributed by atoms with van der Waals surface area (Å²) < 4.78 is 4.93. The second kappa shape index (κ2) is 3.87. The van der Waals surface area contributed by atoms with Gasteiger partial charge in [-0.3, -0.25) is 4.79 Å². The van der Waals surface area contributed by atoms with Crippen molar-refractivity contribution >= 4 is 5.78 Å². The number of aliphatic hydroxyl groups excluding tert-OH is 3. The van der Waals surface area contributed by atoms with Gasteiger partial charge in [0.05, 0.1) is 6.61 Å². The monoisotopic (exact) mass is 188 g/mol. The minimum Gasteiger partial charge on any atom is -0.482 e. The number of Topliss-reactive ketones (excluding diaryl/α,β-unsaturated/α-hetero) is 1. The van der Waals surface area contributed by atoms with Gasteiger partial charge in [-0.05, 0) is 6.08 Å². The molecular weight excluding hydrogens is 176 g/mol. The molecule has 0 aromatic rings. The molecule has 0 radical (unpaired) electrons. The molecule has 5 heteroatoms. The predicted octanol–water partition coefficient (Wildman–Crippen LogP) is -1.43. The summed E-state index contributed by atoms with van der Waals surface area (Å²) in [4.78, 5) is 10.8. The van der Waals surface area contributed by atoms with Crippen molar-refractivity contribution in [2.24, 2.45) is 0 Å². The highest BCUT2D eigenvalue weighted by molar-refractivity contribution is 5.91. The molecule has 0 saturated heterocycles. The largest absolute Gasteiger partial charge is 0.482 e. The molecule has 13 heavy (non-hydrogen) atoms. The van der Waals surface area contributed by atoms with Crippen molar-refractivity contribution in [1.82, 2.24) is 0 Å². The Morgan fingerprint density at radius 3 is 2.69 bits per heavy atom.